The van der Waals surface area contributed by atoms with Crippen molar-refractivity contribution in [2.75, 3.05) is 5.32 Å². The van der Waals surface area contributed by atoms with Crippen LogP contribution in [0.3, 0.4) is 0 Å². The third-order valence-corrected chi connectivity index (χ3v) is 3.39. The van der Waals surface area contributed by atoms with Crippen LogP contribution in [0, 0.1) is 6.92 Å². The average Bonchev–Trinajstić information content (AvgIpc) is 2.89. The van der Waals surface area contributed by atoms with Gasteiger partial charge in [-0.3, -0.25) is 4.79 Å². The summed E-state index contributed by atoms with van der Waals surface area (Å²) in [5, 5.41) is 2.92. The van der Waals surface area contributed by atoms with Crippen LogP contribution in [-0.2, 0) is 11.3 Å². The number of nitrogens with two attached hydrogens (primary N) is 1. The van der Waals surface area contributed by atoms with Gasteiger partial charge in [-0.15, -0.1) is 0 Å². The molecule has 0 radical (unpaired) electrons. The molecule has 0 aliphatic rings. The molecule has 0 spiro atoms. The maximum absolute atomic E-state index is 12.0. The van der Waals surface area contributed by atoms with E-state index in [2.05, 4.69) is 5.32 Å². The lowest BCUT2D eigenvalue weighted by molar-refractivity contribution is -0.116. The van der Waals surface area contributed by atoms with Crippen molar-refractivity contribution in [2.45, 2.75) is 32.9 Å². The molecule has 0 bridgehead atoms. The summed E-state index contributed by atoms with van der Waals surface area (Å²) in [6, 6.07) is 9.75. The lowest BCUT2D eigenvalue weighted by Crippen LogP contribution is -2.18. The Morgan fingerprint density at radius 1 is 1.35 bits per heavy atom. The number of amides is 1. The molecule has 0 saturated heterocycles. The van der Waals surface area contributed by atoms with E-state index >= 15 is 0 Å². The maximum atomic E-state index is 12.0. The molecule has 3 N–H and O–H groups in total. The topological polar surface area (TPSA) is 60.0 Å². The first-order chi connectivity index (χ1) is 9.60. The Bertz CT molecular complexity index is 589. The van der Waals surface area contributed by atoms with Crippen molar-refractivity contribution in [3.05, 3.63) is 53.9 Å². The highest BCUT2D eigenvalue weighted by Gasteiger charge is 2.08. The molecule has 2 aromatic rings. The van der Waals surface area contributed by atoms with Crippen molar-refractivity contribution in [2.24, 2.45) is 5.73 Å². The SMILES string of the molecule is CCC(N)c1ccn(CC(=O)Nc2ccccc2C)c1. The van der Waals surface area contributed by atoms with Crippen LogP contribution in [0.2, 0.25) is 0 Å². The predicted octanol–water partition coefficient (Wildman–Crippen LogP) is 2.85. The number of carbonyl (C=O) groups is 1. The highest BCUT2D eigenvalue weighted by atomic mass is 16.1. The summed E-state index contributed by atoms with van der Waals surface area (Å²) in [7, 11) is 0. The Kier molecular flexibility index (Phi) is 4.58. The quantitative estimate of drug-likeness (QED) is 0.878. The molecule has 1 aromatic heterocycles. The van der Waals surface area contributed by atoms with Crippen LogP contribution in [0.25, 0.3) is 0 Å². The fourth-order valence-corrected chi connectivity index (χ4v) is 2.08. The van der Waals surface area contributed by atoms with Gasteiger partial charge in [0.15, 0.2) is 0 Å². The van der Waals surface area contributed by atoms with Crippen molar-refractivity contribution in [1.29, 1.82) is 0 Å². The monoisotopic (exact) mass is 271 g/mol. The van der Waals surface area contributed by atoms with Gasteiger partial charge in [-0.1, -0.05) is 25.1 Å². The minimum atomic E-state index is -0.0356. The van der Waals surface area contributed by atoms with E-state index in [9.17, 15) is 4.79 Å². The standard InChI is InChI=1S/C16H21N3O/c1-3-14(17)13-8-9-19(10-13)11-16(20)18-15-7-5-4-6-12(15)2/h4-10,14H,3,11,17H2,1-2H3,(H,18,20). The number of benzene rings is 1. The van der Waals surface area contributed by atoms with Gasteiger partial charge < -0.3 is 15.6 Å². The highest BCUT2D eigenvalue weighted by molar-refractivity contribution is 5.91. The number of aromatic nitrogens is 1. The minimum absolute atomic E-state index is 0.0356. The van der Waals surface area contributed by atoms with Crippen LogP contribution >= 0.6 is 0 Å². The number of anilines is 1. The van der Waals surface area contributed by atoms with Gasteiger partial charge in [0.1, 0.15) is 6.54 Å². The highest BCUT2D eigenvalue weighted by Crippen LogP contribution is 2.15. The molecule has 0 fully saturated rings. The summed E-state index contributed by atoms with van der Waals surface area (Å²) in [6.07, 6.45) is 4.72. The van der Waals surface area contributed by atoms with Crippen molar-refractivity contribution in [3.8, 4) is 0 Å². The molecule has 106 valence electrons. The normalized spacial score (nSPS) is 12.2. The van der Waals surface area contributed by atoms with Gasteiger partial charge in [0.05, 0.1) is 0 Å². The van der Waals surface area contributed by atoms with Crippen LogP contribution in [0.5, 0.6) is 0 Å². The van der Waals surface area contributed by atoms with Gasteiger partial charge in [-0.05, 0) is 36.6 Å². The molecule has 20 heavy (non-hydrogen) atoms. The molecular formula is C16H21N3O. The summed E-state index contributed by atoms with van der Waals surface area (Å²) < 4.78 is 1.86. The number of para-hydroxylation sites is 1. The molecule has 1 amide bonds. The van der Waals surface area contributed by atoms with E-state index in [1.807, 2.05) is 61.1 Å². The van der Waals surface area contributed by atoms with Gasteiger partial charge in [-0.25, -0.2) is 0 Å². The van der Waals surface area contributed by atoms with E-state index in [0.29, 0.717) is 6.54 Å². The summed E-state index contributed by atoms with van der Waals surface area (Å²) in [5.74, 6) is -0.0356. The van der Waals surface area contributed by atoms with Crippen LogP contribution in [-0.4, -0.2) is 10.5 Å². The molecular weight excluding hydrogens is 250 g/mol. The van der Waals surface area contributed by atoms with Crippen molar-refractivity contribution in [3.63, 3.8) is 0 Å². The molecule has 1 unspecified atom stereocenters. The fourth-order valence-electron chi connectivity index (χ4n) is 2.08. The van der Waals surface area contributed by atoms with Crippen molar-refractivity contribution >= 4 is 11.6 Å². The second-order valence-electron chi connectivity index (χ2n) is 5.00. The molecule has 4 nitrogen and oxygen atoms in total. The van der Waals surface area contributed by atoms with Crippen molar-refractivity contribution < 1.29 is 4.79 Å². The number of nitrogens with one attached hydrogen (secondary N) is 1. The minimum Gasteiger partial charge on any atom is -0.345 e. The largest absolute Gasteiger partial charge is 0.345 e. The second kappa shape index (κ2) is 6.39. The predicted molar refractivity (Wildman–Crippen MR) is 81.5 cm³/mol. The van der Waals surface area contributed by atoms with Gasteiger partial charge in [0.2, 0.25) is 5.91 Å². The Hall–Kier alpha value is -2.07. The van der Waals surface area contributed by atoms with Gasteiger partial charge in [0, 0.05) is 24.1 Å². The van der Waals surface area contributed by atoms with E-state index in [-0.39, 0.29) is 11.9 Å². The van der Waals surface area contributed by atoms with Crippen LogP contribution in [0.1, 0.15) is 30.5 Å². The van der Waals surface area contributed by atoms with Gasteiger partial charge in [0.25, 0.3) is 0 Å². The Morgan fingerprint density at radius 3 is 2.80 bits per heavy atom. The first-order valence-electron chi connectivity index (χ1n) is 6.87. The number of hydrogen-bond donors (Lipinski definition) is 2. The second-order valence-corrected chi connectivity index (χ2v) is 5.00. The van der Waals surface area contributed by atoms with Crippen LogP contribution in [0.15, 0.2) is 42.7 Å². The van der Waals surface area contributed by atoms with E-state index in [4.69, 9.17) is 5.73 Å². The summed E-state index contributed by atoms with van der Waals surface area (Å²) in [4.78, 5) is 12.0. The van der Waals surface area contributed by atoms with E-state index in [1.165, 1.54) is 0 Å². The summed E-state index contributed by atoms with van der Waals surface area (Å²) >= 11 is 0. The van der Waals surface area contributed by atoms with E-state index in [0.717, 1.165) is 23.2 Å². The fraction of sp³-hybridized carbons (Fsp3) is 0.312. The van der Waals surface area contributed by atoms with E-state index in [1.54, 1.807) is 0 Å². The molecule has 1 aromatic carbocycles. The lowest BCUT2D eigenvalue weighted by atomic mass is 10.1. The first kappa shape index (κ1) is 14.3. The zero-order valence-corrected chi connectivity index (χ0v) is 12.0. The lowest BCUT2D eigenvalue weighted by Gasteiger charge is -2.09. The van der Waals surface area contributed by atoms with Crippen molar-refractivity contribution in [1.82, 2.24) is 4.57 Å². The Labute approximate surface area is 119 Å². The van der Waals surface area contributed by atoms with Gasteiger partial charge >= 0.3 is 0 Å². The maximum Gasteiger partial charge on any atom is 0.244 e. The molecule has 2 rings (SSSR count). The number of hydrogen-bond acceptors (Lipinski definition) is 2. The third kappa shape index (κ3) is 3.48. The number of nitrogens with zero attached hydrogens (tertiary/aromatic N) is 1. The molecule has 0 aliphatic heterocycles. The number of carbonyl (C=O) groups excluding carboxylic acids is 1. The molecule has 1 atom stereocenters. The Balaban J connectivity index is 1.98. The summed E-state index contributed by atoms with van der Waals surface area (Å²) in [6.45, 7) is 4.32. The molecule has 0 aliphatic carbocycles. The van der Waals surface area contributed by atoms with Crippen LogP contribution < -0.4 is 11.1 Å². The van der Waals surface area contributed by atoms with Crippen LogP contribution in [0.4, 0.5) is 5.69 Å². The Morgan fingerprint density at radius 2 is 2.10 bits per heavy atom. The summed E-state index contributed by atoms with van der Waals surface area (Å²) in [5.41, 5.74) is 8.95. The molecule has 1 heterocycles. The zero-order chi connectivity index (χ0) is 14.5. The van der Waals surface area contributed by atoms with Gasteiger partial charge in [-0.2, -0.15) is 0 Å². The zero-order valence-electron chi connectivity index (χ0n) is 12.0. The number of aryl methyl sites for hydroxylation is 1. The third-order valence-electron chi connectivity index (χ3n) is 3.39. The smallest absolute Gasteiger partial charge is 0.244 e. The molecule has 0 saturated carbocycles. The number of rotatable bonds is 5. The first-order valence-corrected chi connectivity index (χ1v) is 6.87. The molecule has 4 heteroatoms. The van der Waals surface area contributed by atoms with E-state index < -0.39 is 0 Å². The average molecular weight is 271 g/mol.